The van der Waals surface area contributed by atoms with Gasteiger partial charge in [0.1, 0.15) is 5.69 Å². The Labute approximate surface area is 169 Å². The SMILES string of the molecule is COc1c(-c2oc(C(F)(F)F)nc2C(=O)Nc2ccnc(C(N)=O)c2)ccc(F)c1F. The Morgan fingerprint density at radius 1 is 1.19 bits per heavy atom. The molecule has 0 aliphatic rings. The molecule has 2 aromatic heterocycles. The molecule has 3 N–H and O–H groups in total. The Hall–Kier alpha value is -4.03. The summed E-state index contributed by atoms with van der Waals surface area (Å²) in [6, 6.07) is 3.79. The van der Waals surface area contributed by atoms with Crippen molar-refractivity contribution in [3.8, 4) is 17.1 Å². The summed E-state index contributed by atoms with van der Waals surface area (Å²) in [5, 5.41) is 2.21. The minimum absolute atomic E-state index is 0.0476. The van der Waals surface area contributed by atoms with Crippen molar-refractivity contribution in [3.05, 3.63) is 59.4 Å². The van der Waals surface area contributed by atoms with Crippen LogP contribution in [0, 0.1) is 11.6 Å². The number of hydrogen-bond donors (Lipinski definition) is 2. The Kier molecular flexibility index (Phi) is 5.60. The molecule has 0 bridgehead atoms. The first kappa shape index (κ1) is 21.7. The number of anilines is 1. The molecule has 8 nitrogen and oxygen atoms in total. The number of carbonyl (C=O) groups is 2. The highest BCUT2D eigenvalue weighted by atomic mass is 19.4. The van der Waals surface area contributed by atoms with Crippen LogP contribution < -0.4 is 15.8 Å². The maximum absolute atomic E-state index is 14.1. The van der Waals surface area contributed by atoms with E-state index in [1.807, 2.05) is 0 Å². The molecule has 13 heteroatoms. The molecule has 0 saturated heterocycles. The lowest BCUT2D eigenvalue weighted by Crippen LogP contribution is -2.17. The van der Waals surface area contributed by atoms with E-state index in [0.717, 1.165) is 25.4 Å². The van der Waals surface area contributed by atoms with Gasteiger partial charge in [-0.05, 0) is 24.3 Å². The lowest BCUT2D eigenvalue weighted by Gasteiger charge is -2.09. The second kappa shape index (κ2) is 8.01. The number of ether oxygens (including phenoxy) is 1. The highest BCUT2D eigenvalue weighted by molar-refractivity contribution is 6.07. The van der Waals surface area contributed by atoms with Gasteiger partial charge in [0.25, 0.3) is 11.8 Å². The van der Waals surface area contributed by atoms with Gasteiger partial charge < -0.3 is 20.2 Å². The van der Waals surface area contributed by atoms with Crippen LogP contribution in [0.15, 0.2) is 34.9 Å². The number of nitrogens with one attached hydrogen (secondary N) is 1. The fourth-order valence-electron chi connectivity index (χ4n) is 2.52. The number of carbonyl (C=O) groups excluding carboxylic acids is 2. The number of oxazole rings is 1. The number of nitrogens with two attached hydrogens (primary N) is 1. The molecule has 0 aliphatic carbocycles. The van der Waals surface area contributed by atoms with Gasteiger partial charge in [-0.15, -0.1) is 0 Å². The van der Waals surface area contributed by atoms with Gasteiger partial charge in [-0.1, -0.05) is 0 Å². The number of primary amides is 1. The zero-order chi connectivity index (χ0) is 22.9. The molecule has 3 aromatic rings. The number of hydrogen-bond acceptors (Lipinski definition) is 6. The number of nitrogens with zero attached hydrogens (tertiary/aromatic N) is 2. The van der Waals surface area contributed by atoms with Gasteiger partial charge in [0, 0.05) is 11.9 Å². The first-order chi connectivity index (χ1) is 14.5. The van der Waals surface area contributed by atoms with E-state index >= 15 is 0 Å². The number of methoxy groups -OCH3 is 1. The van der Waals surface area contributed by atoms with Crippen LogP contribution in [0.4, 0.5) is 27.6 Å². The summed E-state index contributed by atoms with van der Waals surface area (Å²) in [6.07, 6.45) is -3.96. The largest absolute Gasteiger partial charge is 0.493 e. The van der Waals surface area contributed by atoms with Crippen LogP contribution in [-0.2, 0) is 6.18 Å². The van der Waals surface area contributed by atoms with Gasteiger partial charge in [-0.2, -0.15) is 22.5 Å². The van der Waals surface area contributed by atoms with Gasteiger partial charge in [0.15, 0.2) is 23.0 Å². The number of alkyl halides is 3. The van der Waals surface area contributed by atoms with Crippen molar-refractivity contribution < 1.29 is 40.7 Å². The van der Waals surface area contributed by atoms with Gasteiger partial charge in [-0.3, -0.25) is 14.6 Å². The molecule has 2 amide bonds. The standard InChI is InChI=1S/C18H11F5N4O4/c1-30-13-8(2-3-9(19)11(13)20)14-12(27-17(31-14)18(21,22)23)16(29)26-7-4-5-25-10(6-7)15(24)28/h2-6H,1H3,(H2,24,28)(H,25,26,29). The normalized spacial score (nSPS) is 11.3. The van der Waals surface area contributed by atoms with Gasteiger partial charge in [-0.25, -0.2) is 4.39 Å². The van der Waals surface area contributed by atoms with E-state index in [9.17, 15) is 31.5 Å². The number of aromatic nitrogens is 2. The third-order valence-corrected chi connectivity index (χ3v) is 3.85. The molecule has 31 heavy (non-hydrogen) atoms. The average Bonchev–Trinajstić information content (AvgIpc) is 3.16. The predicted octanol–water partition coefficient (Wildman–Crippen LogP) is 3.39. The molecular weight excluding hydrogens is 431 g/mol. The fourth-order valence-corrected chi connectivity index (χ4v) is 2.52. The van der Waals surface area contributed by atoms with E-state index in [1.165, 1.54) is 6.07 Å². The third kappa shape index (κ3) is 4.29. The van der Waals surface area contributed by atoms with Crippen LogP contribution in [0.5, 0.6) is 5.75 Å². The Bertz CT molecular complexity index is 1180. The number of amides is 2. The lowest BCUT2D eigenvalue weighted by atomic mass is 10.1. The van der Waals surface area contributed by atoms with Crippen molar-refractivity contribution in [2.24, 2.45) is 5.73 Å². The lowest BCUT2D eigenvalue weighted by molar-refractivity contribution is -0.156. The molecule has 162 valence electrons. The molecule has 0 aliphatic heterocycles. The zero-order valence-corrected chi connectivity index (χ0v) is 15.4. The van der Waals surface area contributed by atoms with E-state index in [4.69, 9.17) is 10.5 Å². The van der Waals surface area contributed by atoms with Gasteiger partial charge in [0.05, 0.1) is 12.7 Å². The maximum Gasteiger partial charge on any atom is 0.468 e. The van der Waals surface area contributed by atoms with Crippen LogP contribution in [0.25, 0.3) is 11.3 Å². The second-order valence-corrected chi connectivity index (χ2v) is 5.88. The summed E-state index contributed by atoms with van der Waals surface area (Å²) < 4.78 is 76.4. The molecule has 1 aromatic carbocycles. The smallest absolute Gasteiger partial charge is 0.468 e. The van der Waals surface area contributed by atoms with Crippen molar-refractivity contribution in [1.29, 1.82) is 0 Å². The number of pyridine rings is 1. The van der Waals surface area contributed by atoms with Crippen molar-refractivity contribution in [2.75, 3.05) is 12.4 Å². The molecule has 0 atom stereocenters. The highest BCUT2D eigenvalue weighted by Crippen LogP contribution is 2.39. The van der Waals surface area contributed by atoms with E-state index in [1.54, 1.807) is 0 Å². The molecule has 0 fully saturated rings. The minimum atomic E-state index is -5.09. The van der Waals surface area contributed by atoms with E-state index < -0.39 is 58.3 Å². The molecule has 3 rings (SSSR count). The first-order valence-corrected chi connectivity index (χ1v) is 8.20. The number of rotatable bonds is 5. The van der Waals surface area contributed by atoms with Crippen molar-refractivity contribution in [2.45, 2.75) is 6.18 Å². The monoisotopic (exact) mass is 442 g/mol. The summed E-state index contributed by atoms with van der Waals surface area (Å²) in [5.41, 5.74) is 3.44. The summed E-state index contributed by atoms with van der Waals surface area (Å²) in [5.74, 6) is -8.36. The van der Waals surface area contributed by atoms with Crippen LogP contribution in [-0.4, -0.2) is 28.9 Å². The van der Waals surface area contributed by atoms with Crippen LogP contribution in [0.3, 0.4) is 0 Å². The van der Waals surface area contributed by atoms with Crippen molar-refractivity contribution in [1.82, 2.24) is 9.97 Å². The molecule has 0 spiro atoms. The average molecular weight is 442 g/mol. The molecular formula is C18H11F5N4O4. The summed E-state index contributed by atoms with van der Waals surface area (Å²) in [4.78, 5) is 30.7. The molecule has 0 unspecified atom stereocenters. The fraction of sp³-hybridized carbons (Fsp3) is 0.111. The first-order valence-electron chi connectivity index (χ1n) is 8.20. The van der Waals surface area contributed by atoms with Crippen LogP contribution >= 0.6 is 0 Å². The highest BCUT2D eigenvalue weighted by Gasteiger charge is 2.40. The van der Waals surface area contributed by atoms with Crippen molar-refractivity contribution in [3.63, 3.8) is 0 Å². The minimum Gasteiger partial charge on any atom is -0.493 e. The topological polar surface area (TPSA) is 120 Å². The van der Waals surface area contributed by atoms with Gasteiger partial charge >= 0.3 is 12.1 Å². The molecule has 0 radical (unpaired) electrons. The van der Waals surface area contributed by atoms with E-state index in [-0.39, 0.29) is 11.4 Å². The molecule has 0 saturated carbocycles. The third-order valence-electron chi connectivity index (χ3n) is 3.85. The Morgan fingerprint density at radius 2 is 1.90 bits per heavy atom. The number of benzene rings is 1. The summed E-state index contributed by atoms with van der Waals surface area (Å²) in [6.45, 7) is 0. The van der Waals surface area contributed by atoms with Crippen molar-refractivity contribution >= 4 is 17.5 Å². The summed E-state index contributed by atoms with van der Waals surface area (Å²) >= 11 is 0. The molecule has 2 heterocycles. The summed E-state index contributed by atoms with van der Waals surface area (Å²) in [7, 11) is 0.949. The quantitative estimate of drug-likeness (QED) is 0.585. The zero-order valence-electron chi connectivity index (χ0n) is 15.4. The maximum atomic E-state index is 14.1. The van der Waals surface area contributed by atoms with Gasteiger partial charge in [0.2, 0.25) is 5.82 Å². The van der Waals surface area contributed by atoms with E-state index in [0.29, 0.717) is 6.07 Å². The Morgan fingerprint density at radius 3 is 2.52 bits per heavy atom. The Balaban J connectivity index is 2.12. The van der Waals surface area contributed by atoms with Crippen LogP contribution in [0.1, 0.15) is 26.9 Å². The predicted molar refractivity (Wildman–Crippen MR) is 94.1 cm³/mol. The van der Waals surface area contributed by atoms with E-state index in [2.05, 4.69) is 19.7 Å². The number of halogens is 5. The van der Waals surface area contributed by atoms with Crippen LogP contribution in [0.2, 0.25) is 0 Å². The second-order valence-electron chi connectivity index (χ2n) is 5.88.